The lowest BCUT2D eigenvalue weighted by atomic mass is 9.89. The highest BCUT2D eigenvalue weighted by atomic mass is 16.6. The van der Waals surface area contributed by atoms with E-state index in [1.807, 2.05) is 90.9 Å². The molecule has 1 fully saturated rings. The van der Waals surface area contributed by atoms with Crippen molar-refractivity contribution in [1.29, 1.82) is 0 Å². The van der Waals surface area contributed by atoms with E-state index in [1.54, 1.807) is 37.6 Å². The molecular formula is C54H92N6O14. The minimum absolute atomic E-state index is 0.00605. The van der Waals surface area contributed by atoms with Crippen LogP contribution in [0.5, 0.6) is 0 Å². The van der Waals surface area contributed by atoms with Gasteiger partial charge in [-0.2, -0.15) is 0 Å². The number of carbonyl (C=O) groups is 7. The van der Waals surface area contributed by atoms with Gasteiger partial charge in [0, 0.05) is 47.1 Å². The van der Waals surface area contributed by atoms with Gasteiger partial charge in [-0.1, -0.05) is 92.1 Å². The van der Waals surface area contributed by atoms with Gasteiger partial charge < -0.3 is 59.6 Å². The number of methoxy groups -OCH3 is 2. The first-order chi connectivity index (χ1) is 35.0. The first-order valence-electron chi connectivity index (χ1n) is 26.5. The lowest BCUT2D eigenvalue weighted by Gasteiger charge is -2.41. The Hall–Kier alpha value is -4.73. The molecule has 20 nitrogen and oxygen atoms in total. The normalized spacial score (nSPS) is 18.3. The minimum Gasteiger partial charge on any atom is -0.460 e. The highest BCUT2D eigenvalue weighted by Gasteiger charge is 2.44. The summed E-state index contributed by atoms with van der Waals surface area (Å²) in [6.07, 6.45) is -1.77. The number of likely N-dealkylation sites (tertiary alicyclic amines) is 1. The molecule has 3 unspecified atom stereocenters. The molecule has 5 N–H and O–H groups in total. The summed E-state index contributed by atoms with van der Waals surface area (Å²) in [6, 6.07) is 5.72. The van der Waals surface area contributed by atoms with E-state index >= 15 is 0 Å². The van der Waals surface area contributed by atoms with Gasteiger partial charge in [0.05, 0.1) is 61.9 Å². The van der Waals surface area contributed by atoms with E-state index in [9.17, 15) is 43.8 Å². The van der Waals surface area contributed by atoms with Crippen molar-refractivity contribution in [3.8, 4) is 0 Å². The Morgan fingerprint density at radius 2 is 1.51 bits per heavy atom. The van der Waals surface area contributed by atoms with E-state index in [4.69, 9.17) is 23.7 Å². The first kappa shape index (κ1) is 65.4. The number of hydrogen-bond acceptors (Lipinski definition) is 15. The molecule has 0 radical (unpaired) electrons. The lowest BCUT2D eigenvalue weighted by molar-refractivity contribution is -0.183. The van der Waals surface area contributed by atoms with Gasteiger partial charge in [0.15, 0.2) is 6.29 Å². The van der Waals surface area contributed by atoms with Crippen molar-refractivity contribution in [2.45, 2.75) is 181 Å². The molecule has 422 valence electrons. The van der Waals surface area contributed by atoms with Gasteiger partial charge in [-0.15, -0.1) is 0 Å². The Balaban J connectivity index is 2.17. The molecule has 1 aromatic carbocycles. The molecule has 0 saturated carbocycles. The van der Waals surface area contributed by atoms with Gasteiger partial charge >= 0.3 is 11.9 Å². The molecule has 1 heterocycles. The number of amides is 5. The van der Waals surface area contributed by atoms with Crippen molar-refractivity contribution < 1.29 is 67.5 Å². The predicted octanol–water partition coefficient (Wildman–Crippen LogP) is 3.23. The summed E-state index contributed by atoms with van der Waals surface area (Å²) in [5.41, 5.74) is 0.763. The van der Waals surface area contributed by atoms with Crippen LogP contribution < -0.4 is 16.0 Å². The standard InChI is InChI=1S/C54H92N6O14/c1-15-35(7)49(59(12)53(68)47(33(3)4)57-52(67)48(34(5)6)58(10)11)42(70-13)29-44(63)60-27-21-24-41(60)50(71-14)37(9)51(66)56-40(28-38-22-18-17-19-23-38)54(69)73-36(8)30-55-43(62)25-20-26-45(64)72-32-46(65)74-39(16-2)31-61/h17-19,22-23,33-37,39-42,46-50,61,65H,15-16,20-21,24-32H2,1-14H3,(H,55,62)(H,56,66)(H,57,67)/t35-,36?,37+,39?,40-,41-,42+,46?,47-,48-,49-,50+/m0/s1. The topological polar surface area (TPSA) is 252 Å². The molecule has 0 spiro atoms. The molecule has 12 atom stereocenters. The van der Waals surface area contributed by atoms with Crippen LogP contribution in [0.15, 0.2) is 30.3 Å². The summed E-state index contributed by atoms with van der Waals surface area (Å²) >= 11 is 0. The van der Waals surface area contributed by atoms with Crippen LogP contribution in [0.3, 0.4) is 0 Å². The Bertz CT molecular complexity index is 1880. The number of likely N-dealkylation sites (N-methyl/N-ethyl adjacent to an activating group) is 2. The smallest absolute Gasteiger partial charge is 0.329 e. The summed E-state index contributed by atoms with van der Waals surface area (Å²) in [5.74, 6) is -4.12. The largest absolute Gasteiger partial charge is 0.460 e. The SMILES string of the molecule is CCC(CO)OC(O)COC(=O)CCCC(=O)NCC(C)OC(=O)[C@H](Cc1ccccc1)NC(=O)[C@H](C)[C@@H](OC)[C@@H]1CCCN1C(=O)C[C@@H](OC)[C@H]([C@@H](C)CC)N(C)C(=O)[C@@H](NC(=O)[C@H](C(C)C)N(C)C)C(C)C. The fourth-order valence-corrected chi connectivity index (χ4v) is 9.59. The zero-order valence-corrected chi connectivity index (χ0v) is 46.8. The molecule has 1 saturated heterocycles. The summed E-state index contributed by atoms with van der Waals surface area (Å²) in [4.78, 5) is 100. The van der Waals surface area contributed by atoms with E-state index in [0.717, 1.165) is 5.56 Å². The van der Waals surface area contributed by atoms with Crippen molar-refractivity contribution in [2.75, 3.05) is 61.7 Å². The van der Waals surface area contributed by atoms with E-state index in [-0.39, 0.29) is 86.6 Å². The third-order valence-electron chi connectivity index (χ3n) is 13.9. The molecule has 1 aliphatic rings. The lowest BCUT2D eigenvalue weighted by Crippen LogP contribution is -2.59. The Morgan fingerprint density at radius 3 is 2.07 bits per heavy atom. The highest BCUT2D eigenvalue weighted by Crippen LogP contribution is 2.30. The van der Waals surface area contributed by atoms with Gasteiger partial charge in [-0.05, 0) is 70.0 Å². The number of aliphatic hydroxyl groups is 2. The fourth-order valence-electron chi connectivity index (χ4n) is 9.59. The second-order valence-corrected chi connectivity index (χ2v) is 20.6. The Labute approximate surface area is 440 Å². The average molecular weight is 1050 g/mol. The molecule has 2 rings (SSSR count). The highest BCUT2D eigenvalue weighted by molar-refractivity contribution is 5.90. The van der Waals surface area contributed by atoms with Crippen LogP contribution in [0.2, 0.25) is 0 Å². The fraction of sp³-hybridized carbons (Fsp3) is 0.759. The van der Waals surface area contributed by atoms with E-state index in [2.05, 4.69) is 16.0 Å². The molecule has 1 aliphatic heterocycles. The maximum absolute atomic E-state index is 14.5. The molecule has 5 amide bonds. The number of ether oxygens (including phenoxy) is 5. The average Bonchev–Trinajstić information content (AvgIpc) is 3.85. The van der Waals surface area contributed by atoms with Crippen LogP contribution in [0.25, 0.3) is 0 Å². The van der Waals surface area contributed by atoms with Gasteiger partial charge in [-0.3, -0.25) is 33.7 Å². The summed E-state index contributed by atoms with van der Waals surface area (Å²) in [7, 11) is 8.39. The van der Waals surface area contributed by atoms with E-state index in [0.29, 0.717) is 32.2 Å². The molecule has 74 heavy (non-hydrogen) atoms. The molecule has 0 bridgehead atoms. The van der Waals surface area contributed by atoms with Crippen molar-refractivity contribution in [1.82, 2.24) is 30.7 Å². The van der Waals surface area contributed by atoms with Gasteiger partial charge in [0.25, 0.3) is 0 Å². The molecular weight excluding hydrogens is 957 g/mol. The van der Waals surface area contributed by atoms with Crippen LogP contribution in [0.4, 0.5) is 0 Å². The third kappa shape index (κ3) is 20.8. The van der Waals surface area contributed by atoms with Crippen molar-refractivity contribution >= 4 is 41.5 Å². The number of carbonyl (C=O) groups excluding carboxylic acids is 7. The van der Waals surface area contributed by atoms with Crippen LogP contribution >= 0.6 is 0 Å². The number of nitrogens with one attached hydrogen (secondary N) is 3. The number of benzene rings is 1. The van der Waals surface area contributed by atoms with Crippen LogP contribution in [-0.2, 0) is 63.7 Å². The second kappa shape index (κ2) is 33.3. The number of esters is 2. The maximum atomic E-state index is 14.5. The zero-order chi connectivity index (χ0) is 55.8. The molecule has 1 aromatic rings. The van der Waals surface area contributed by atoms with Crippen LogP contribution in [-0.4, -0.2) is 189 Å². The van der Waals surface area contributed by atoms with Crippen molar-refractivity contribution in [3.05, 3.63) is 35.9 Å². The van der Waals surface area contributed by atoms with Gasteiger partial charge in [0.2, 0.25) is 29.5 Å². The molecule has 0 aromatic heterocycles. The minimum atomic E-state index is -1.39. The third-order valence-corrected chi connectivity index (χ3v) is 13.9. The number of hydrogen-bond donors (Lipinski definition) is 5. The maximum Gasteiger partial charge on any atom is 0.329 e. The molecule has 20 heteroatoms. The Kier molecular flexibility index (Phi) is 29.5. The summed E-state index contributed by atoms with van der Waals surface area (Å²) in [5, 5.41) is 27.7. The van der Waals surface area contributed by atoms with Crippen LogP contribution in [0, 0.1) is 23.7 Å². The van der Waals surface area contributed by atoms with Crippen LogP contribution in [0.1, 0.15) is 119 Å². The van der Waals surface area contributed by atoms with Crippen molar-refractivity contribution in [2.24, 2.45) is 23.7 Å². The zero-order valence-electron chi connectivity index (χ0n) is 46.8. The quantitative estimate of drug-likeness (QED) is 0.0491. The second-order valence-electron chi connectivity index (χ2n) is 20.6. The number of rotatable bonds is 34. The van der Waals surface area contributed by atoms with E-state index < -0.39 is 91.3 Å². The Morgan fingerprint density at radius 1 is 0.851 bits per heavy atom. The van der Waals surface area contributed by atoms with E-state index in [1.165, 1.54) is 14.2 Å². The number of nitrogens with zero attached hydrogens (tertiary/aromatic N) is 3. The van der Waals surface area contributed by atoms with Gasteiger partial charge in [-0.25, -0.2) is 4.79 Å². The van der Waals surface area contributed by atoms with Crippen molar-refractivity contribution in [3.63, 3.8) is 0 Å². The summed E-state index contributed by atoms with van der Waals surface area (Å²) in [6.45, 7) is 16.5. The van der Waals surface area contributed by atoms with Gasteiger partial charge in [0.1, 0.15) is 24.8 Å². The summed E-state index contributed by atoms with van der Waals surface area (Å²) < 4.78 is 28.0. The molecule has 0 aliphatic carbocycles. The first-order valence-corrected chi connectivity index (χ1v) is 26.5. The monoisotopic (exact) mass is 1050 g/mol. The number of aliphatic hydroxyl groups excluding tert-OH is 2. The predicted molar refractivity (Wildman–Crippen MR) is 279 cm³/mol.